The van der Waals surface area contributed by atoms with Crippen molar-refractivity contribution in [3.05, 3.63) is 58.6 Å². The van der Waals surface area contributed by atoms with E-state index in [1.165, 1.54) is 18.2 Å². The second kappa shape index (κ2) is 3.76. The summed E-state index contributed by atoms with van der Waals surface area (Å²) in [7, 11) is 0. The summed E-state index contributed by atoms with van der Waals surface area (Å²) in [6.07, 6.45) is 4.37. The fourth-order valence-corrected chi connectivity index (χ4v) is 1.96. The van der Waals surface area contributed by atoms with E-state index in [4.69, 9.17) is 0 Å². The lowest BCUT2D eigenvalue weighted by Crippen LogP contribution is -2.24. The fraction of sp³-hybridized carbons (Fsp3) is 0.0833. The fourth-order valence-electron chi connectivity index (χ4n) is 1.48. The number of benzene rings is 1. The smallest absolute Gasteiger partial charge is 0.192 e. The lowest BCUT2D eigenvalue weighted by molar-refractivity contribution is -0.111. The summed E-state index contributed by atoms with van der Waals surface area (Å²) in [5, 5.41) is 10.3. The Labute approximate surface area is 96.1 Å². The van der Waals surface area contributed by atoms with Crippen LogP contribution in [0.25, 0.3) is 0 Å². The Hall–Kier alpha value is -1.19. The molecule has 1 aliphatic rings. The first-order valence-corrected chi connectivity index (χ1v) is 5.31. The molecule has 1 N–H and O–H groups in total. The Balaban J connectivity index is 2.46. The molecule has 0 aliphatic heterocycles. The summed E-state index contributed by atoms with van der Waals surface area (Å²) >= 11 is 3.13. The van der Waals surface area contributed by atoms with Crippen LogP contribution < -0.4 is 0 Å². The first-order valence-electron chi connectivity index (χ1n) is 4.52. The molecule has 2 nitrogen and oxygen atoms in total. The summed E-state index contributed by atoms with van der Waals surface area (Å²) < 4.78 is 0.386. The summed E-state index contributed by atoms with van der Waals surface area (Å²) in [6, 6.07) is 9.20. The molecule has 0 aromatic heterocycles. The molecule has 15 heavy (non-hydrogen) atoms. The maximum atomic E-state index is 11.2. The average Bonchev–Trinajstić information content (AvgIpc) is 2.26. The molecule has 1 aromatic rings. The van der Waals surface area contributed by atoms with E-state index in [1.807, 2.05) is 30.3 Å². The van der Waals surface area contributed by atoms with E-state index in [2.05, 4.69) is 15.9 Å². The molecule has 0 spiro atoms. The first kappa shape index (κ1) is 10.3. The molecule has 0 bridgehead atoms. The number of ketones is 1. The van der Waals surface area contributed by atoms with Crippen LogP contribution in [0, 0.1) is 0 Å². The van der Waals surface area contributed by atoms with Crippen LogP contribution in [0.2, 0.25) is 0 Å². The minimum atomic E-state index is -1.19. The third-order valence-electron chi connectivity index (χ3n) is 2.31. The molecule has 1 aliphatic carbocycles. The lowest BCUT2D eigenvalue weighted by Gasteiger charge is -2.24. The van der Waals surface area contributed by atoms with Gasteiger partial charge in [0.05, 0.1) is 4.48 Å². The number of carbonyl (C=O) groups is 1. The van der Waals surface area contributed by atoms with Crippen molar-refractivity contribution in [2.24, 2.45) is 0 Å². The highest BCUT2D eigenvalue weighted by molar-refractivity contribution is 9.12. The van der Waals surface area contributed by atoms with Crippen LogP contribution in [0.4, 0.5) is 0 Å². The zero-order chi connectivity index (χ0) is 10.9. The number of allylic oxidation sites excluding steroid dienone is 2. The maximum Gasteiger partial charge on any atom is 0.192 e. The molecule has 0 fully saturated rings. The molecular weight excluding hydrogens is 256 g/mol. The first-order chi connectivity index (χ1) is 7.12. The van der Waals surface area contributed by atoms with Crippen molar-refractivity contribution in [2.45, 2.75) is 5.60 Å². The molecule has 0 saturated carbocycles. The third kappa shape index (κ3) is 1.94. The molecule has 0 amide bonds. The monoisotopic (exact) mass is 264 g/mol. The van der Waals surface area contributed by atoms with E-state index in [1.54, 1.807) is 0 Å². The van der Waals surface area contributed by atoms with Gasteiger partial charge in [-0.1, -0.05) is 30.3 Å². The molecule has 76 valence electrons. The summed E-state index contributed by atoms with van der Waals surface area (Å²) in [4.78, 5) is 11.2. The van der Waals surface area contributed by atoms with Gasteiger partial charge in [0.1, 0.15) is 5.60 Å². The van der Waals surface area contributed by atoms with Crippen molar-refractivity contribution in [1.82, 2.24) is 0 Å². The van der Waals surface area contributed by atoms with Crippen LogP contribution >= 0.6 is 15.9 Å². The molecule has 1 atom stereocenters. The molecule has 0 radical (unpaired) electrons. The highest BCUT2D eigenvalue weighted by atomic mass is 79.9. The van der Waals surface area contributed by atoms with Crippen molar-refractivity contribution in [2.75, 3.05) is 0 Å². The van der Waals surface area contributed by atoms with Crippen LogP contribution in [-0.4, -0.2) is 10.9 Å². The van der Waals surface area contributed by atoms with Crippen LogP contribution in [-0.2, 0) is 10.4 Å². The average molecular weight is 265 g/mol. The normalized spacial score (nSPS) is 25.2. The van der Waals surface area contributed by atoms with E-state index < -0.39 is 5.60 Å². The summed E-state index contributed by atoms with van der Waals surface area (Å²) in [6.45, 7) is 0. The second-order valence-corrected chi connectivity index (χ2v) is 4.24. The predicted molar refractivity (Wildman–Crippen MR) is 61.5 cm³/mol. The number of hydrogen-bond acceptors (Lipinski definition) is 2. The largest absolute Gasteiger partial charge is 0.377 e. The quantitative estimate of drug-likeness (QED) is 0.845. The van der Waals surface area contributed by atoms with Gasteiger partial charge in [0.2, 0.25) is 0 Å². The Morgan fingerprint density at radius 2 is 1.87 bits per heavy atom. The van der Waals surface area contributed by atoms with E-state index in [-0.39, 0.29) is 5.78 Å². The van der Waals surface area contributed by atoms with E-state index in [9.17, 15) is 9.90 Å². The van der Waals surface area contributed by atoms with Gasteiger partial charge in [0.25, 0.3) is 0 Å². The van der Waals surface area contributed by atoms with Gasteiger partial charge in [-0.15, -0.1) is 0 Å². The maximum absolute atomic E-state index is 11.2. The highest BCUT2D eigenvalue weighted by Gasteiger charge is 2.28. The number of halogens is 1. The van der Waals surface area contributed by atoms with Crippen molar-refractivity contribution in [3.8, 4) is 0 Å². The molecule has 1 aromatic carbocycles. The topological polar surface area (TPSA) is 37.3 Å². The Bertz CT molecular complexity index is 448. The van der Waals surface area contributed by atoms with Gasteiger partial charge in [0, 0.05) is 0 Å². The van der Waals surface area contributed by atoms with Crippen LogP contribution in [0.3, 0.4) is 0 Å². The second-order valence-electron chi connectivity index (χ2n) is 3.38. The van der Waals surface area contributed by atoms with Gasteiger partial charge < -0.3 is 5.11 Å². The summed E-state index contributed by atoms with van der Waals surface area (Å²) in [5.41, 5.74) is -0.445. The molecule has 0 heterocycles. The van der Waals surface area contributed by atoms with Crippen molar-refractivity contribution < 1.29 is 9.90 Å². The Morgan fingerprint density at radius 3 is 2.47 bits per heavy atom. The van der Waals surface area contributed by atoms with Crippen LogP contribution in [0.1, 0.15) is 5.56 Å². The zero-order valence-corrected chi connectivity index (χ0v) is 9.44. The number of aliphatic hydroxyl groups is 1. The van der Waals surface area contributed by atoms with Gasteiger partial charge in [-0.05, 0) is 39.7 Å². The van der Waals surface area contributed by atoms with Crippen molar-refractivity contribution in [1.29, 1.82) is 0 Å². The number of hydrogen-bond donors (Lipinski definition) is 1. The molecular formula is C12H9BrO2. The van der Waals surface area contributed by atoms with Gasteiger partial charge in [-0.3, -0.25) is 4.79 Å². The molecule has 0 unspecified atom stereocenters. The van der Waals surface area contributed by atoms with Gasteiger partial charge >= 0.3 is 0 Å². The summed E-state index contributed by atoms with van der Waals surface area (Å²) in [5.74, 6) is -0.129. The number of rotatable bonds is 1. The third-order valence-corrected chi connectivity index (χ3v) is 2.93. The molecule has 3 heteroatoms. The predicted octanol–water partition coefficient (Wildman–Crippen LogP) is 2.29. The molecule has 2 rings (SSSR count). The van der Waals surface area contributed by atoms with Crippen molar-refractivity contribution in [3.63, 3.8) is 0 Å². The standard InChI is InChI=1S/C12H9BrO2/c13-10-8-12(15,7-6-11(10)14)9-4-2-1-3-5-9/h1-8,15H/t12-/m0/s1. The zero-order valence-electron chi connectivity index (χ0n) is 7.85. The van der Waals surface area contributed by atoms with Crippen LogP contribution in [0.5, 0.6) is 0 Å². The Kier molecular flexibility index (Phi) is 2.59. The molecule has 0 saturated heterocycles. The van der Waals surface area contributed by atoms with Crippen LogP contribution in [0.15, 0.2) is 53.0 Å². The minimum Gasteiger partial charge on any atom is -0.377 e. The van der Waals surface area contributed by atoms with Gasteiger partial charge in [-0.2, -0.15) is 0 Å². The van der Waals surface area contributed by atoms with E-state index in [0.717, 1.165) is 5.56 Å². The van der Waals surface area contributed by atoms with Crippen molar-refractivity contribution >= 4 is 21.7 Å². The minimum absolute atomic E-state index is 0.129. The Morgan fingerprint density at radius 1 is 1.20 bits per heavy atom. The SMILES string of the molecule is O=C1C=C[C@@](O)(c2ccccc2)C=C1Br. The lowest BCUT2D eigenvalue weighted by atomic mass is 9.90. The van der Waals surface area contributed by atoms with Gasteiger partial charge in [-0.25, -0.2) is 0 Å². The van der Waals surface area contributed by atoms with Gasteiger partial charge in [0.15, 0.2) is 5.78 Å². The van der Waals surface area contributed by atoms with E-state index >= 15 is 0 Å². The highest BCUT2D eigenvalue weighted by Crippen LogP contribution is 2.30. The number of carbonyl (C=O) groups excluding carboxylic acids is 1. The van der Waals surface area contributed by atoms with E-state index in [0.29, 0.717) is 4.48 Å².